The van der Waals surface area contributed by atoms with E-state index in [-0.39, 0.29) is 5.91 Å². The Bertz CT molecular complexity index is 910. The van der Waals surface area contributed by atoms with E-state index >= 15 is 0 Å². The molecule has 0 bridgehead atoms. The molecule has 3 aromatic carbocycles. The monoisotopic (exact) mass is 341 g/mol. The highest BCUT2D eigenvalue weighted by molar-refractivity contribution is 5.96. The molecule has 0 unspecified atom stereocenters. The first-order valence-corrected chi connectivity index (χ1v) is 8.39. The summed E-state index contributed by atoms with van der Waals surface area (Å²) in [5.41, 5.74) is 4.40. The molecule has 3 aromatic rings. The molecule has 0 spiro atoms. The SMILES string of the molecule is C[C@H](Nc1ccc(-c2ccccc2)cc1)C(=O)Nc1ccc(C#N)cc1. The van der Waals surface area contributed by atoms with Crippen LogP contribution >= 0.6 is 0 Å². The number of nitrogens with zero attached hydrogens (tertiary/aromatic N) is 1. The Morgan fingerprint density at radius 2 is 1.42 bits per heavy atom. The van der Waals surface area contributed by atoms with Crippen molar-refractivity contribution in [2.24, 2.45) is 0 Å². The van der Waals surface area contributed by atoms with Crippen LogP contribution in [0.15, 0.2) is 78.9 Å². The van der Waals surface area contributed by atoms with E-state index in [1.807, 2.05) is 49.4 Å². The Balaban J connectivity index is 1.60. The number of hydrogen-bond acceptors (Lipinski definition) is 3. The van der Waals surface area contributed by atoms with Crippen molar-refractivity contribution < 1.29 is 4.79 Å². The summed E-state index contributed by atoms with van der Waals surface area (Å²) in [6.07, 6.45) is 0. The Hall–Kier alpha value is -3.58. The van der Waals surface area contributed by atoms with E-state index in [0.29, 0.717) is 11.3 Å². The molecule has 0 saturated carbocycles. The predicted octanol–water partition coefficient (Wildman–Crippen LogP) is 4.66. The summed E-state index contributed by atoms with van der Waals surface area (Å²) >= 11 is 0. The summed E-state index contributed by atoms with van der Waals surface area (Å²) in [6, 6.07) is 26.6. The summed E-state index contributed by atoms with van der Waals surface area (Å²) in [7, 11) is 0. The highest BCUT2D eigenvalue weighted by Crippen LogP contribution is 2.21. The largest absolute Gasteiger partial charge is 0.374 e. The minimum absolute atomic E-state index is 0.137. The first-order valence-electron chi connectivity index (χ1n) is 8.39. The van der Waals surface area contributed by atoms with E-state index in [2.05, 4.69) is 28.8 Å². The molecule has 0 saturated heterocycles. The number of benzene rings is 3. The van der Waals surface area contributed by atoms with Gasteiger partial charge in [0.15, 0.2) is 0 Å². The standard InChI is InChI=1S/C22H19N3O/c1-16(22(26)25-21-11-7-17(15-23)8-12-21)24-20-13-9-19(10-14-20)18-5-3-2-4-6-18/h2-14,16,24H,1H3,(H,25,26)/t16-/m0/s1. The summed E-state index contributed by atoms with van der Waals surface area (Å²) < 4.78 is 0. The van der Waals surface area contributed by atoms with Gasteiger partial charge in [-0.25, -0.2) is 0 Å². The van der Waals surface area contributed by atoms with Gasteiger partial charge in [0.05, 0.1) is 11.6 Å². The van der Waals surface area contributed by atoms with Crippen LogP contribution in [0.5, 0.6) is 0 Å². The Morgan fingerprint density at radius 3 is 2.04 bits per heavy atom. The smallest absolute Gasteiger partial charge is 0.246 e. The van der Waals surface area contributed by atoms with Gasteiger partial charge in [0.1, 0.15) is 6.04 Å². The molecule has 128 valence electrons. The minimum atomic E-state index is -0.395. The number of nitriles is 1. The van der Waals surface area contributed by atoms with Gasteiger partial charge in [-0.05, 0) is 54.4 Å². The fraction of sp³-hybridized carbons (Fsp3) is 0.0909. The minimum Gasteiger partial charge on any atom is -0.374 e. The molecule has 4 heteroatoms. The van der Waals surface area contributed by atoms with E-state index in [1.165, 1.54) is 0 Å². The lowest BCUT2D eigenvalue weighted by atomic mass is 10.1. The summed E-state index contributed by atoms with van der Waals surface area (Å²) in [4.78, 5) is 12.3. The van der Waals surface area contributed by atoms with Crippen molar-refractivity contribution in [3.63, 3.8) is 0 Å². The van der Waals surface area contributed by atoms with Crippen molar-refractivity contribution in [1.82, 2.24) is 0 Å². The number of amides is 1. The third-order valence-electron chi connectivity index (χ3n) is 4.05. The molecule has 3 rings (SSSR count). The highest BCUT2D eigenvalue weighted by atomic mass is 16.2. The van der Waals surface area contributed by atoms with E-state index in [0.717, 1.165) is 16.8 Å². The normalized spacial score (nSPS) is 11.2. The fourth-order valence-corrected chi connectivity index (χ4v) is 2.58. The van der Waals surface area contributed by atoms with Gasteiger partial charge >= 0.3 is 0 Å². The lowest BCUT2D eigenvalue weighted by molar-refractivity contribution is -0.116. The fourth-order valence-electron chi connectivity index (χ4n) is 2.58. The maximum Gasteiger partial charge on any atom is 0.246 e. The van der Waals surface area contributed by atoms with Crippen LogP contribution in [-0.4, -0.2) is 11.9 Å². The van der Waals surface area contributed by atoms with Gasteiger partial charge in [-0.1, -0.05) is 42.5 Å². The maximum absolute atomic E-state index is 12.3. The molecule has 0 fully saturated rings. The number of carbonyl (C=O) groups is 1. The van der Waals surface area contributed by atoms with Gasteiger partial charge in [-0.3, -0.25) is 4.79 Å². The molecule has 4 nitrogen and oxygen atoms in total. The van der Waals surface area contributed by atoms with Crippen LogP contribution in [0.4, 0.5) is 11.4 Å². The van der Waals surface area contributed by atoms with Gasteiger partial charge in [-0.2, -0.15) is 5.26 Å². The van der Waals surface area contributed by atoms with Gasteiger partial charge in [0.25, 0.3) is 0 Å². The first kappa shape index (κ1) is 17.2. The van der Waals surface area contributed by atoms with Crippen molar-refractivity contribution in [1.29, 1.82) is 5.26 Å². The molecule has 2 N–H and O–H groups in total. The molecular weight excluding hydrogens is 322 g/mol. The Labute approximate surface area is 153 Å². The number of nitrogens with one attached hydrogen (secondary N) is 2. The molecule has 0 aromatic heterocycles. The second kappa shape index (κ2) is 8.00. The Kier molecular flexibility index (Phi) is 5.31. The van der Waals surface area contributed by atoms with E-state index in [9.17, 15) is 4.79 Å². The van der Waals surface area contributed by atoms with Crippen LogP contribution < -0.4 is 10.6 Å². The second-order valence-electron chi connectivity index (χ2n) is 5.99. The van der Waals surface area contributed by atoms with Crippen LogP contribution in [0.3, 0.4) is 0 Å². The zero-order chi connectivity index (χ0) is 18.4. The van der Waals surface area contributed by atoms with Crippen molar-refractivity contribution in [3.05, 3.63) is 84.4 Å². The summed E-state index contributed by atoms with van der Waals surface area (Å²) in [6.45, 7) is 1.81. The molecule has 0 aliphatic carbocycles. The highest BCUT2D eigenvalue weighted by Gasteiger charge is 2.13. The zero-order valence-corrected chi connectivity index (χ0v) is 14.4. The van der Waals surface area contributed by atoms with Gasteiger partial charge in [0.2, 0.25) is 5.91 Å². The number of hydrogen-bond donors (Lipinski definition) is 2. The second-order valence-corrected chi connectivity index (χ2v) is 5.99. The molecular formula is C22H19N3O. The quantitative estimate of drug-likeness (QED) is 0.709. The van der Waals surface area contributed by atoms with Crippen LogP contribution in [0.2, 0.25) is 0 Å². The number of carbonyl (C=O) groups excluding carboxylic acids is 1. The predicted molar refractivity (Wildman–Crippen MR) is 105 cm³/mol. The zero-order valence-electron chi connectivity index (χ0n) is 14.4. The van der Waals surface area contributed by atoms with Crippen molar-refractivity contribution in [2.75, 3.05) is 10.6 Å². The lowest BCUT2D eigenvalue weighted by Crippen LogP contribution is -2.31. The van der Waals surface area contributed by atoms with Crippen molar-refractivity contribution >= 4 is 17.3 Å². The molecule has 0 aliphatic rings. The van der Waals surface area contributed by atoms with Crippen LogP contribution in [0.1, 0.15) is 12.5 Å². The van der Waals surface area contributed by atoms with Crippen molar-refractivity contribution in [3.8, 4) is 17.2 Å². The Morgan fingerprint density at radius 1 is 0.846 bits per heavy atom. The summed E-state index contributed by atoms with van der Waals surface area (Å²) in [5, 5.41) is 14.8. The number of rotatable bonds is 5. The molecule has 1 atom stereocenters. The number of anilines is 2. The van der Waals surface area contributed by atoms with Crippen LogP contribution in [0.25, 0.3) is 11.1 Å². The summed E-state index contributed by atoms with van der Waals surface area (Å²) in [5.74, 6) is -0.137. The lowest BCUT2D eigenvalue weighted by Gasteiger charge is -2.15. The average Bonchev–Trinajstić information content (AvgIpc) is 2.70. The first-order chi connectivity index (χ1) is 12.7. The third kappa shape index (κ3) is 4.28. The molecule has 1 amide bonds. The maximum atomic E-state index is 12.3. The van der Waals surface area contributed by atoms with Crippen LogP contribution in [-0.2, 0) is 4.79 Å². The van der Waals surface area contributed by atoms with Gasteiger partial charge in [0, 0.05) is 11.4 Å². The average molecular weight is 341 g/mol. The molecule has 0 radical (unpaired) electrons. The third-order valence-corrected chi connectivity index (χ3v) is 4.05. The van der Waals surface area contributed by atoms with Crippen LogP contribution in [0, 0.1) is 11.3 Å². The van der Waals surface area contributed by atoms with Gasteiger partial charge in [-0.15, -0.1) is 0 Å². The topological polar surface area (TPSA) is 64.9 Å². The molecule has 26 heavy (non-hydrogen) atoms. The molecule has 0 heterocycles. The van der Waals surface area contributed by atoms with Crippen molar-refractivity contribution in [2.45, 2.75) is 13.0 Å². The van der Waals surface area contributed by atoms with E-state index in [1.54, 1.807) is 24.3 Å². The molecule has 0 aliphatic heterocycles. The van der Waals surface area contributed by atoms with Gasteiger partial charge < -0.3 is 10.6 Å². The van der Waals surface area contributed by atoms with E-state index in [4.69, 9.17) is 5.26 Å². The van der Waals surface area contributed by atoms with E-state index < -0.39 is 6.04 Å².